The minimum atomic E-state index is -0.390. The summed E-state index contributed by atoms with van der Waals surface area (Å²) in [6, 6.07) is 4.82. The van der Waals surface area contributed by atoms with Gasteiger partial charge in [0, 0.05) is 5.69 Å². The third kappa shape index (κ3) is 2.26. The van der Waals surface area contributed by atoms with E-state index < -0.39 is 5.82 Å². The van der Waals surface area contributed by atoms with Crippen molar-refractivity contribution in [1.82, 2.24) is 20.2 Å². The molecule has 6 heteroatoms. The van der Waals surface area contributed by atoms with E-state index in [2.05, 4.69) is 29.4 Å². The van der Waals surface area contributed by atoms with Crippen LogP contribution in [0.1, 0.15) is 39.2 Å². The maximum absolute atomic E-state index is 14.0. The average Bonchev–Trinajstić information content (AvgIpc) is 2.95. The molecule has 2 N–H and O–H groups in total. The molecule has 0 aliphatic heterocycles. The summed E-state index contributed by atoms with van der Waals surface area (Å²) in [6.07, 6.45) is 3.14. The summed E-state index contributed by atoms with van der Waals surface area (Å²) in [5.74, 6) is 0.0866. The second kappa shape index (κ2) is 4.54. The minimum Gasteiger partial charge on any atom is -0.399 e. The Morgan fingerprint density at radius 2 is 2.20 bits per heavy atom. The number of aromatic nitrogens is 4. The number of anilines is 1. The van der Waals surface area contributed by atoms with Crippen LogP contribution in [0.2, 0.25) is 0 Å². The van der Waals surface area contributed by atoms with E-state index in [1.165, 1.54) is 6.07 Å². The number of rotatable bonds is 2. The van der Waals surface area contributed by atoms with Crippen LogP contribution in [0.15, 0.2) is 18.2 Å². The number of nitrogen functional groups attached to an aromatic ring is 1. The predicted octanol–water partition coefficient (Wildman–Crippen LogP) is 2.81. The van der Waals surface area contributed by atoms with Crippen molar-refractivity contribution in [2.75, 3.05) is 5.73 Å². The fourth-order valence-electron chi connectivity index (χ4n) is 2.94. The molecule has 0 bridgehead atoms. The van der Waals surface area contributed by atoms with Crippen molar-refractivity contribution in [2.45, 2.75) is 39.2 Å². The zero-order chi connectivity index (χ0) is 14.3. The molecule has 0 spiro atoms. The Morgan fingerprint density at radius 1 is 1.40 bits per heavy atom. The Hall–Kier alpha value is -1.98. The summed E-state index contributed by atoms with van der Waals surface area (Å²) < 4.78 is 15.8. The number of nitrogens with two attached hydrogens (primary N) is 1. The molecule has 2 aromatic rings. The van der Waals surface area contributed by atoms with Crippen LogP contribution in [0, 0.1) is 11.2 Å². The first-order valence-corrected chi connectivity index (χ1v) is 6.79. The fraction of sp³-hybridized carbons (Fsp3) is 0.500. The quantitative estimate of drug-likeness (QED) is 0.856. The highest BCUT2D eigenvalue weighted by molar-refractivity contribution is 5.59. The van der Waals surface area contributed by atoms with Gasteiger partial charge in [-0.15, -0.1) is 5.10 Å². The van der Waals surface area contributed by atoms with Crippen molar-refractivity contribution in [2.24, 2.45) is 5.41 Å². The highest BCUT2D eigenvalue weighted by Gasteiger charge is 2.34. The molecule has 3 rings (SSSR count). The summed E-state index contributed by atoms with van der Waals surface area (Å²) in [7, 11) is 0. The Kier molecular flexibility index (Phi) is 2.96. The molecule has 1 heterocycles. The second-order valence-electron chi connectivity index (χ2n) is 6.25. The van der Waals surface area contributed by atoms with Crippen molar-refractivity contribution >= 4 is 5.69 Å². The van der Waals surface area contributed by atoms with Crippen LogP contribution in [-0.4, -0.2) is 20.2 Å². The van der Waals surface area contributed by atoms with Crippen LogP contribution in [0.3, 0.4) is 0 Å². The number of nitrogens with zero attached hydrogens (tertiary/aromatic N) is 4. The molecule has 0 radical (unpaired) electrons. The SMILES string of the molecule is CC1(C)CCC(n2nnnc2-c2ccc(N)cc2F)C1. The molecular formula is C14H18FN5. The normalized spacial score (nSPS) is 21.2. The number of hydrogen-bond acceptors (Lipinski definition) is 4. The van der Waals surface area contributed by atoms with Gasteiger partial charge in [-0.25, -0.2) is 9.07 Å². The molecule has 106 valence electrons. The standard InChI is InChI=1S/C14H18FN5/c1-14(2)6-5-10(8-14)20-13(17-18-19-20)11-4-3-9(16)7-12(11)15/h3-4,7,10H,5-6,8,16H2,1-2H3. The molecule has 1 atom stereocenters. The highest BCUT2D eigenvalue weighted by Crippen LogP contribution is 2.44. The largest absolute Gasteiger partial charge is 0.399 e. The zero-order valence-electron chi connectivity index (χ0n) is 11.7. The highest BCUT2D eigenvalue weighted by atomic mass is 19.1. The topological polar surface area (TPSA) is 69.6 Å². The van der Waals surface area contributed by atoms with Crippen molar-refractivity contribution in [3.05, 3.63) is 24.0 Å². The molecule has 1 aromatic heterocycles. The van der Waals surface area contributed by atoms with Gasteiger partial charge in [0.25, 0.3) is 0 Å². The van der Waals surface area contributed by atoms with Gasteiger partial charge in [-0.1, -0.05) is 13.8 Å². The maximum atomic E-state index is 14.0. The Balaban J connectivity index is 1.98. The Labute approximate surface area is 117 Å². The zero-order valence-corrected chi connectivity index (χ0v) is 11.7. The van der Waals surface area contributed by atoms with Crippen molar-refractivity contribution in [3.8, 4) is 11.4 Å². The van der Waals surface area contributed by atoms with Gasteiger partial charge in [0.1, 0.15) is 5.82 Å². The maximum Gasteiger partial charge on any atom is 0.185 e. The first-order valence-electron chi connectivity index (χ1n) is 6.79. The van der Waals surface area contributed by atoms with Crippen LogP contribution in [-0.2, 0) is 0 Å². The molecular weight excluding hydrogens is 257 g/mol. The molecule has 1 aromatic carbocycles. The molecule has 5 nitrogen and oxygen atoms in total. The van der Waals surface area contributed by atoms with E-state index in [0.29, 0.717) is 17.1 Å². The van der Waals surface area contributed by atoms with Gasteiger partial charge in [0.05, 0.1) is 11.6 Å². The van der Waals surface area contributed by atoms with E-state index in [4.69, 9.17) is 5.73 Å². The molecule has 1 aliphatic rings. The summed E-state index contributed by atoms with van der Waals surface area (Å²) in [4.78, 5) is 0. The van der Waals surface area contributed by atoms with Gasteiger partial charge in [-0.3, -0.25) is 0 Å². The lowest BCUT2D eigenvalue weighted by molar-refractivity contribution is 0.348. The Morgan fingerprint density at radius 3 is 2.85 bits per heavy atom. The van der Waals surface area contributed by atoms with E-state index >= 15 is 0 Å². The van der Waals surface area contributed by atoms with E-state index in [9.17, 15) is 4.39 Å². The summed E-state index contributed by atoms with van der Waals surface area (Å²) in [5.41, 5.74) is 6.66. The van der Waals surface area contributed by atoms with Gasteiger partial charge in [-0.2, -0.15) is 0 Å². The molecule has 1 fully saturated rings. The molecule has 0 saturated heterocycles. The lowest BCUT2D eigenvalue weighted by Gasteiger charge is -2.17. The fourth-order valence-corrected chi connectivity index (χ4v) is 2.94. The lowest BCUT2D eigenvalue weighted by Crippen LogP contribution is -2.12. The first-order chi connectivity index (χ1) is 9.46. The average molecular weight is 275 g/mol. The van der Waals surface area contributed by atoms with Gasteiger partial charge in [0.2, 0.25) is 0 Å². The summed E-state index contributed by atoms with van der Waals surface area (Å²) in [6.45, 7) is 4.47. The van der Waals surface area contributed by atoms with Gasteiger partial charge in [-0.05, 0) is 53.3 Å². The Bertz CT molecular complexity index is 634. The molecule has 1 saturated carbocycles. The van der Waals surface area contributed by atoms with Crippen molar-refractivity contribution in [3.63, 3.8) is 0 Å². The van der Waals surface area contributed by atoms with Gasteiger partial charge in [0.15, 0.2) is 5.82 Å². The molecule has 0 amide bonds. The molecule has 20 heavy (non-hydrogen) atoms. The molecule has 1 unspecified atom stereocenters. The van der Waals surface area contributed by atoms with Crippen LogP contribution in [0.25, 0.3) is 11.4 Å². The van der Waals surface area contributed by atoms with Gasteiger partial charge < -0.3 is 5.73 Å². The number of benzene rings is 1. The van der Waals surface area contributed by atoms with Crippen LogP contribution in [0.4, 0.5) is 10.1 Å². The lowest BCUT2D eigenvalue weighted by atomic mass is 9.92. The number of halogens is 1. The summed E-state index contributed by atoms with van der Waals surface area (Å²) in [5, 5.41) is 11.8. The first kappa shape index (κ1) is 13.0. The second-order valence-corrected chi connectivity index (χ2v) is 6.25. The third-order valence-corrected chi connectivity index (χ3v) is 4.02. The smallest absolute Gasteiger partial charge is 0.185 e. The van der Waals surface area contributed by atoms with Crippen LogP contribution < -0.4 is 5.73 Å². The summed E-state index contributed by atoms with van der Waals surface area (Å²) >= 11 is 0. The van der Waals surface area contributed by atoms with E-state index in [1.54, 1.807) is 16.8 Å². The van der Waals surface area contributed by atoms with Gasteiger partial charge >= 0.3 is 0 Å². The van der Waals surface area contributed by atoms with E-state index in [-0.39, 0.29) is 11.5 Å². The van der Waals surface area contributed by atoms with E-state index in [0.717, 1.165) is 19.3 Å². The van der Waals surface area contributed by atoms with E-state index in [1.807, 2.05) is 0 Å². The van der Waals surface area contributed by atoms with Crippen molar-refractivity contribution in [1.29, 1.82) is 0 Å². The monoisotopic (exact) mass is 275 g/mol. The molecule has 1 aliphatic carbocycles. The van der Waals surface area contributed by atoms with Crippen molar-refractivity contribution < 1.29 is 4.39 Å². The van der Waals surface area contributed by atoms with Crippen LogP contribution >= 0.6 is 0 Å². The third-order valence-electron chi connectivity index (χ3n) is 4.02. The van der Waals surface area contributed by atoms with Crippen LogP contribution in [0.5, 0.6) is 0 Å². The number of tetrazole rings is 1. The predicted molar refractivity (Wildman–Crippen MR) is 74.3 cm³/mol. The number of hydrogen-bond donors (Lipinski definition) is 1. The minimum absolute atomic E-state index is 0.229.